The van der Waals surface area contributed by atoms with E-state index >= 15 is 0 Å². The second-order valence-corrected chi connectivity index (χ2v) is 5.72. The molecule has 122 valence electrons. The molecule has 4 rings (SSSR count). The van der Waals surface area contributed by atoms with E-state index in [2.05, 4.69) is 15.5 Å². The zero-order chi connectivity index (χ0) is 16.5. The van der Waals surface area contributed by atoms with Gasteiger partial charge in [0, 0.05) is 12.3 Å². The van der Waals surface area contributed by atoms with Crippen molar-refractivity contribution in [2.45, 2.75) is 6.42 Å². The van der Waals surface area contributed by atoms with Crippen molar-refractivity contribution in [3.8, 4) is 5.69 Å². The molecule has 6 nitrogen and oxygen atoms in total. The van der Waals surface area contributed by atoms with E-state index < -0.39 is 0 Å². The van der Waals surface area contributed by atoms with Crippen LogP contribution in [-0.4, -0.2) is 34.1 Å². The fourth-order valence-electron chi connectivity index (χ4n) is 2.67. The van der Waals surface area contributed by atoms with Crippen molar-refractivity contribution in [3.63, 3.8) is 0 Å². The van der Waals surface area contributed by atoms with Crippen molar-refractivity contribution in [2.75, 3.05) is 18.5 Å². The van der Waals surface area contributed by atoms with E-state index in [0.29, 0.717) is 35.6 Å². The number of rotatable bonds is 3. The highest BCUT2D eigenvalue weighted by Crippen LogP contribution is 2.20. The van der Waals surface area contributed by atoms with Crippen molar-refractivity contribution in [1.82, 2.24) is 15.0 Å². The molecule has 7 heteroatoms. The normalized spacial score (nSPS) is 17.3. The van der Waals surface area contributed by atoms with Crippen molar-refractivity contribution < 1.29 is 13.9 Å². The molecule has 0 bridgehead atoms. The van der Waals surface area contributed by atoms with Crippen molar-refractivity contribution >= 4 is 22.6 Å². The Morgan fingerprint density at radius 1 is 1.17 bits per heavy atom. The summed E-state index contributed by atoms with van der Waals surface area (Å²) in [5, 5.41) is 11.6. The Balaban J connectivity index is 1.58. The maximum atomic E-state index is 13.0. The molecule has 1 atom stereocenters. The van der Waals surface area contributed by atoms with Gasteiger partial charge in [-0.15, -0.1) is 10.2 Å². The van der Waals surface area contributed by atoms with Crippen LogP contribution in [0.2, 0.25) is 0 Å². The number of carbonyl (C=O) groups is 1. The highest BCUT2D eigenvalue weighted by atomic mass is 19.1. The van der Waals surface area contributed by atoms with E-state index in [1.54, 1.807) is 30.3 Å². The van der Waals surface area contributed by atoms with Crippen LogP contribution in [0.25, 0.3) is 16.7 Å². The number of aromatic nitrogens is 3. The molecular formula is C17H15FN4O2. The summed E-state index contributed by atoms with van der Waals surface area (Å²) in [5.74, 6) is -0.454. The van der Waals surface area contributed by atoms with Crippen LogP contribution in [-0.2, 0) is 9.53 Å². The molecule has 24 heavy (non-hydrogen) atoms. The van der Waals surface area contributed by atoms with Crippen LogP contribution in [0.1, 0.15) is 6.42 Å². The van der Waals surface area contributed by atoms with Gasteiger partial charge in [-0.1, -0.05) is 0 Å². The zero-order valence-electron chi connectivity index (χ0n) is 12.8. The molecule has 0 aliphatic carbocycles. The first-order chi connectivity index (χ1) is 11.7. The molecular weight excluding hydrogens is 311 g/mol. The van der Waals surface area contributed by atoms with Gasteiger partial charge < -0.3 is 10.1 Å². The molecule has 3 aromatic rings. The van der Waals surface area contributed by atoms with Crippen LogP contribution in [0.15, 0.2) is 42.5 Å². The first-order valence-electron chi connectivity index (χ1n) is 7.71. The minimum atomic E-state index is -0.309. The molecule has 1 amide bonds. The number of ether oxygens (including phenoxy) is 1. The Kier molecular flexibility index (Phi) is 3.70. The Hall–Kier alpha value is -2.80. The minimum absolute atomic E-state index is 0.0437. The first-order valence-corrected chi connectivity index (χ1v) is 7.71. The molecule has 0 saturated carbocycles. The molecule has 1 unspecified atom stereocenters. The summed E-state index contributed by atoms with van der Waals surface area (Å²) in [4.78, 5) is 13.6. The highest BCUT2D eigenvalue weighted by Gasteiger charge is 2.23. The number of hydrogen-bond donors (Lipinski definition) is 1. The summed E-state index contributed by atoms with van der Waals surface area (Å²) in [6.45, 7) is 1.10. The largest absolute Gasteiger partial charge is 0.381 e. The standard InChI is InChI=1S/C17H15FN4O2/c18-12-1-4-14(5-2-12)22-20-15-6-3-13(9-16(15)21-22)19-17(23)11-7-8-24-10-11/h1-6,9,11H,7-8,10H2,(H,19,23). The highest BCUT2D eigenvalue weighted by molar-refractivity contribution is 5.94. The molecule has 0 spiro atoms. The Morgan fingerprint density at radius 3 is 2.71 bits per heavy atom. The molecule has 2 heterocycles. The molecule has 2 aromatic carbocycles. The Bertz CT molecular complexity index is 885. The quantitative estimate of drug-likeness (QED) is 0.803. The number of hydrogen-bond acceptors (Lipinski definition) is 4. The summed E-state index contributed by atoms with van der Waals surface area (Å²) in [6, 6.07) is 11.3. The number of benzene rings is 2. The van der Waals surface area contributed by atoms with Gasteiger partial charge in [0.15, 0.2) is 0 Å². The van der Waals surface area contributed by atoms with Crippen molar-refractivity contribution in [1.29, 1.82) is 0 Å². The lowest BCUT2D eigenvalue weighted by Crippen LogP contribution is -2.22. The minimum Gasteiger partial charge on any atom is -0.381 e. The maximum Gasteiger partial charge on any atom is 0.229 e. The molecule has 1 N–H and O–H groups in total. The van der Waals surface area contributed by atoms with Gasteiger partial charge in [0.1, 0.15) is 16.9 Å². The number of amides is 1. The smallest absolute Gasteiger partial charge is 0.229 e. The molecule has 1 aromatic heterocycles. The van der Waals surface area contributed by atoms with E-state index in [9.17, 15) is 9.18 Å². The molecule has 0 radical (unpaired) electrons. The summed E-state index contributed by atoms with van der Waals surface area (Å²) in [5.41, 5.74) is 2.69. The summed E-state index contributed by atoms with van der Waals surface area (Å²) in [6.07, 6.45) is 0.745. The summed E-state index contributed by atoms with van der Waals surface area (Å²) < 4.78 is 18.2. The van der Waals surface area contributed by atoms with Crippen LogP contribution in [0.5, 0.6) is 0 Å². The fraction of sp³-hybridized carbons (Fsp3) is 0.235. The maximum absolute atomic E-state index is 13.0. The third kappa shape index (κ3) is 2.85. The number of nitrogens with one attached hydrogen (secondary N) is 1. The van der Waals surface area contributed by atoms with Crippen LogP contribution in [0.4, 0.5) is 10.1 Å². The molecule has 1 saturated heterocycles. The number of anilines is 1. The zero-order valence-corrected chi connectivity index (χ0v) is 12.8. The third-order valence-electron chi connectivity index (χ3n) is 4.01. The predicted octanol–water partition coefficient (Wildman–Crippen LogP) is 2.53. The number of carbonyl (C=O) groups excluding carboxylic acids is 1. The average Bonchev–Trinajstić information content (AvgIpc) is 3.24. The monoisotopic (exact) mass is 326 g/mol. The van der Waals surface area contributed by atoms with Crippen LogP contribution in [0, 0.1) is 11.7 Å². The third-order valence-corrected chi connectivity index (χ3v) is 4.01. The van der Waals surface area contributed by atoms with Gasteiger partial charge in [-0.3, -0.25) is 4.79 Å². The van der Waals surface area contributed by atoms with E-state index in [-0.39, 0.29) is 17.6 Å². The van der Waals surface area contributed by atoms with E-state index in [4.69, 9.17) is 4.74 Å². The second-order valence-electron chi connectivity index (χ2n) is 5.72. The van der Waals surface area contributed by atoms with Crippen LogP contribution >= 0.6 is 0 Å². The van der Waals surface area contributed by atoms with Gasteiger partial charge in [0.2, 0.25) is 5.91 Å². The van der Waals surface area contributed by atoms with Gasteiger partial charge in [-0.05, 0) is 48.9 Å². The van der Waals surface area contributed by atoms with Gasteiger partial charge in [-0.2, -0.15) is 4.80 Å². The van der Waals surface area contributed by atoms with Crippen LogP contribution < -0.4 is 5.32 Å². The number of halogens is 1. The predicted molar refractivity (Wildman–Crippen MR) is 86.4 cm³/mol. The number of nitrogens with zero attached hydrogens (tertiary/aromatic N) is 3. The Labute approximate surface area is 137 Å². The van der Waals surface area contributed by atoms with Crippen LogP contribution in [0.3, 0.4) is 0 Å². The SMILES string of the molecule is O=C(Nc1ccc2nn(-c3ccc(F)cc3)nc2c1)C1CCOC1. The summed E-state index contributed by atoms with van der Waals surface area (Å²) >= 11 is 0. The van der Waals surface area contributed by atoms with Gasteiger partial charge in [0.25, 0.3) is 0 Å². The molecule has 1 aliphatic rings. The van der Waals surface area contributed by atoms with E-state index in [0.717, 1.165) is 6.42 Å². The van der Waals surface area contributed by atoms with Gasteiger partial charge in [0.05, 0.1) is 18.2 Å². The lowest BCUT2D eigenvalue weighted by Gasteiger charge is -2.08. The molecule has 1 aliphatic heterocycles. The van der Waals surface area contributed by atoms with E-state index in [1.165, 1.54) is 16.9 Å². The lowest BCUT2D eigenvalue weighted by atomic mass is 10.1. The van der Waals surface area contributed by atoms with Crippen molar-refractivity contribution in [3.05, 3.63) is 48.3 Å². The lowest BCUT2D eigenvalue weighted by molar-refractivity contribution is -0.119. The number of fused-ring (bicyclic) bond motifs is 1. The second kappa shape index (κ2) is 6.01. The average molecular weight is 326 g/mol. The van der Waals surface area contributed by atoms with Gasteiger partial charge in [-0.25, -0.2) is 4.39 Å². The van der Waals surface area contributed by atoms with Gasteiger partial charge >= 0.3 is 0 Å². The van der Waals surface area contributed by atoms with E-state index in [1.807, 2.05) is 0 Å². The fourth-order valence-corrected chi connectivity index (χ4v) is 2.67. The topological polar surface area (TPSA) is 69.0 Å². The van der Waals surface area contributed by atoms with Crippen molar-refractivity contribution in [2.24, 2.45) is 5.92 Å². The molecule has 1 fully saturated rings. The Morgan fingerprint density at radius 2 is 1.96 bits per heavy atom. The first kappa shape index (κ1) is 14.8. The summed E-state index contributed by atoms with van der Waals surface area (Å²) in [7, 11) is 0.